The molecule has 110 valence electrons. The zero-order valence-corrected chi connectivity index (χ0v) is 17.5. The van der Waals surface area contributed by atoms with Crippen molar-refractivity contribution in [2.45, 2.75) is 0 Å². The number of hydrogen-bond acceptors (Lipinski definition) is 3. The molecule has 3 nitrogen and oxygen atoms in total. The molecule has 0 radical (unpaired) electrons. The van der Waals surface area contributed by atoms with Crippen LogP contribution in [-0.2, 0) is 9.47 Å². The Balaban J connectivity index is 1.88. The molecule has 20 heavy (non-hydrogen) atoms. The van der Waals surface area contributed by atoms with Crippen LogP contribution in [0.4, 0.5) is 0 Å². The number of nitrogens with zero attached hydrogens (tertiary/aromatic N) is 1. The first-order chi connectivity index (χ1) is 9.58. The third-order valence-electron chi connectivity index (χ3n) is 3.08. The first-order valence-electron chi connectivity index (χ1n) is 6.34. The summed E-state index contributed by atoms with van der Waals surface area (Å²) < 4.78 is 14.8. The number of rotatable bonds is 5. The Morgan fingerprint density at radius 2 is 1.95 bits per heavy atom. The maximum Gasteiger partial charge on any atom is 0.120 e. The van der Waals surface area contributed by atoms with Gasteiger partial charge in [0.1, 0.15) is 12.4 Å². The molecule has 0 saturated carbocycles. The standard InChI is InChI=1S/C14H16I3NO2/c1-10(12-8-11(15)9-13(16)14(12)17)20-7-4-18-2-5-19-6-3-18/h8-9H,1-7H2. The van der Waals surface area contributed by atoms with E-state index in [-0.39, 0.29) is 0 Å². The number of ether oxygens (including phenoxy) is 2. The fraction of sp³-hybridized carbons (Fsp3) is 0.429. The van der Waals surface area contributed by atoms with Gasteiger partial charge in [-0.1, -0.05) is 6.58 Å². The van der Waals surface area contributed by atoms with E-state index in [0.717, 1.165) is 44.2 Å². The predicted molar refractivity (Wildman–Crippen MR) is 107 cm³/mol. The Hall–Kier alpha value is 0.870. The van der Waals surface area contributed by atoms with Gasteiger partial charge in [0.05, 0.1) is 13.2 Å². The van der Waals surface area contributed by atoms with E-state index in [1.54, 1.807) is 0 Å². The molecule has 0 spiro atoms. The molecule has 0 aliphatic carbocycles. The third kappa shape index (κ3) is 4.96. The lowest BCUT2D eigenvalue weighted by Gasteiger charge is -2.26. The Kier molecular flexibility index (Phi) is 7.31. The first kappa shape index (κ1) is 17.2. The lowest BCUT2D eigenvalue weighted by molar-refractivity contribution is 0.0306. The summed E-state index contributed by atoms with van der Waals surface area (Å²) in [6.45, 7) is 9.33. The second-order valence-electron chi connectivity index (χ2n) is 4.47. The smallest absolute Gasteiger partial charge is 0.120 e. The van der Waals surface area contributed by atoms with Gasteiger partial charge in [-0.3, -0.25) is 4.90 Å². The summed E-state index contributed by atoms with van der Waals surface area (Å²) in [6, 6.07) is 4.29. The van der Waals surface area contributed by atoms with Gasteiger partial charge < -0.3 is 9.47 Å². The SMILES string of the molecule is C=C(OCCN1CCOCC1)c1cc(I)cc(I)c1I. The maximum atomic E-state index is 5.83. The highest BCUT2D eigenvalue weighted by Gasteiger charge is 2.12. The topological polar surface area (TPSA) is 21.7 Å². The fourth-order valence-electron chi connectivity index (χ4n) is 1.96. The van der Waals surface area contributed by atoms with Crippen LogP contribution in [0, 0.1) is 10.7 Å². The number of hydrogen-bond donors (Lipinski definition) is 0. The quantitative estimate of drug-likeness (QED) is 0.288. The molecule has 0 unspecified atom stereocenters. The van der Waals surface area contributed by atoms with Gasteiger partial charge in [0, 0.05) is 35.9 Å². The van der Waals surface area contributed by atoms with Gasteiger partial charge in [-0.25, -0.2) is 0 Å². The van der Waals surface area contributed by atoms with E-state index in [1.807, 2.05) is 0 Å². The van der Waals surface area contributed by atoms with Crippen molar-refractivity contribution in [3.05, 3.63) is 35.0 Å². The number of benzene rings is 1. The van der Waals surface area contributed by atoms with E-state index in [2.05, 4.69) is 91.4 Å². The maximum absolute atomic E-state index is 5.83. The number of halogens is 3. The molecule has 0 aromatic heterocycles. The van der Waals surface area contributed by atoms with Crippen molar-refractivity contribution < 1.29 is 9.47 Å². The Morgan fingerprint density at radius 1 is 1.25 bits per heavy atom. The molecule has 1 saturated heterocycles. The van der Waals surface area contributed by atoms with Crippen LogP contribution in [0.2, 0.25) is 0 Å². The van der Waals surface area contributed by atoms with Crippen LogP contribution in [0.3, 0.4) is 0 Å². The van der Waals surface area contributed by atoms with Crippen LogP contribution in [-0.4, -0.2) is 44.4 Å². The molecule has 0 amide bonds. The van der Waals surface area contributed by atoms with E-state index >= 15 is 0 Å². The van der Waals surface area contributed by atoms with Gasteiger partial charge in [-0.05, 0) is 79.9 Å². The Bertz CT molecular complexity index is 488. The molecule has 1 aromatic carbocycles. The van der Waals surface area contributed by atoms with Crippen LogP contribution >= 0.6 is 67.8 Å². The Morgan fingerprint density at radius 3 is 2.65 bits per heavy atom. The molecule has 1 fully saturated rings. The third-order valence-corrected chi connectivity index (χ3v) is 6.75. The van der Waals surface area contributed by atoms with Crippen LogP contribution in [0.15, 0.2) is 18.7 Å². The summed E-state index contributed by atoms with van der Waals surface area (Å²) in [6.07, 6.45) is 0. The largest absolute Gasteiger partial charge is 0.492 e. The van der Waals surface area contributed by atoms with Crippen LogP contribution in [0.5, 0.6) is 0 Å². The van der Waals surface area contributed by atoms with E-state index in [0.29, 0.717) is 6.61 Å². The summed E-state index contributed by atoms with van der Waals surface area (Å²) in [4.78, 5) is 2.36. The highest BCUT2D eigenvalue weighted by atomic mass is 127. The van der Waals surface area contributed by atoms with E-state index in [9.17, 15) is 0 Å². The summed E-state index contributed by atoms with van der Waals surface area (Å²) in [7, 11) is 0. The van der Waals surface area contributed by atoms with Crippen molar-refractivity contribution in [2.24, 2.45) is 0 Å². The Labute approximate surface area is 160 Å². The van der Waals surface area contributed by atoms with Crippen LogP contribution < -0.4 is 0 Å². The van der Waals surface area contributed by atoms with Crippen LogP contribution in [0.1, 0.15) is 5.56 Å². The minimum absolute atomic E-state index is 0.678. The molecular weight excluding hydrogens is 595 g/mol. The molecule has 6 heteroatoms. The highest BCUT2D eigenvalue weighted by Crippen LogP contribution is 2.27. The fourth-order valence-corrected chi connectivity index (χ4v) is 4.42. The average Bonchev–Trinajstić information content (AvgIpc) is 2.44. The van der Waals surface area contributed by atoms with Crippen molar-refractivity contribution in [3.63, 3.8) is 0 Å². The summed E-state index contributed by atoms with van der Waals surface area (Å²) in [5, 5.41) is 0. The van der Waals surface area contributed by atoms with Gasteiger partial charge in [-0.15, -0.1) is 0 Å². The first-order valence-corrected chi connectivity index (χ1v) is 9.58. The summed E-state index contributed by atoms with van der Waals surface area (Å²) in [5.41, 5.74) is 1.10. The summed E-state index contributed by atoms with van der Waals surface area (Å²) in [5.74, 6) is 0.763. The summed E-state index contributed by atoms with van der Waals surface area (Å²) >= 11 is 7.03. The van der Waals surface area contributed by atoms with Crippen molar-refractivity contribution in [2.75, 3.05) is 39.5 Å². The zero-order valence-electron chi connectivity index (χ0n) is 11.0. The van der Waals surface area contributed by atoms with E-state index in [1.165, 1.54) is 10.7 Å². The van der Waals surface area contributed by atoms with Crippen molar-refractivity contribution in [1.29, 1.82) is 0 Å². The highest BCUT2D eigenvalue weighted by molar-refractivity contribution is 14.1. The number of morpholine rings is 1. The van der Waals surface area contributed by atoms with Gasteiger partial charge in [0.15, 0.2) is 0 Å². The minimum atomic E-state index is 0.678. The molecule has 1 aromatic rings. The van der Waals surface area contributed by atoms with Gasteiger partial charge in [-0.2, -0.15) is 0 Å². The van der Waals surface area contributed by atoms with E-state index < -0.39 is 0 Å². The van der Waals surface area contributed by atoms with Crippen molar-refractivity contribution >= 4 is 73.5 Å². The molecule has 1 aliphatic rings. The zero-order chi connectivity index (χ0) is 14.5. The lowest BCUT2D eigenvalue weighted by atomic mass is 10.2. The lowest BCUT2D eigenvalue weighted by Crippen LogP contribution is -2.38. The van der Waals surface area contributed by atoms with Gasteiger partial charge in [0.2, 0.25) is 0 Å². The second-order valence-corrected chi connectivity index (χ2v) is 7.96. The molecule has 0 atom stereocenters. The predicted octanol–water partition coefficient (Wildman–Crippen LogP) is 3.82. The van der Waals surface area contributed by atoms with Crippen molar-refractivity contribution in [3.8, 4) is 0 Å². The van der Waals surface area contributed by atoms with E-state index in [4.69, 9.17) is 9.47 Å². The normalized spacial score (nSPS) is 16.1. The van der Waals surface area contributed by atoms with Gasteiger partial charge in [0.25, 0.3) is 0 Å². The molecule has 0 bridgehead atoms. The van der Waals surface area contributed by atoms with Crippen LogP contribution in [0.25, 0.3) is 5.76 Å². The molecular formula is C14H16I3NO2. The molecule has 1 heterocycles. The molecule has 1 aliphatic heterocycles. The average molecular weight is 611 g/mol. The monoisotopic (exact) mass is 611 g/mol. The minimum Gasteiger partial charge on any atom is -0.492 e. The van der Waals surface area contributed by atoms with Crippen molar-refractivity contribution in [1.82, 2.24) is 4.90 Å². The van der Waals surface area contributed by atoms with Gasteiger partial charge >= 0.3 is 0 Å². The molecule has 0 N–H and O–H groups in total. The second kappa shape index (κ2) is 8.49. The molecule has 2 rings (SSSR count).